The molecule has 0 aliphatic carbocycles. The lowest BCUT2D eigenvalue weighted by Gasteiger charge is -2.19. The third kappa shape index (κ3) is 4.79. The van der Waals surface area contributed by atoms with Gasteiger partial charge < -0.3 is 4.74 Å². The van der Waals surface area contributed by atoms with Crippen molar-refractivity contribution in [3.63, 3.8) is 0 Å². The van der Waals surface area contributed by atoms with Crippen LogP contribution in [0.1, 0.15) is 10.4 Å². The number of esters is 1. The minimum atomic E-state index is -5.55. The molecule has 5 nitrogen and oxygen atoms in total. The summed E-state index contributed by atoms with van der Waals surface area (Å²) in [7, 11) is -5.30. The van der Waals surface area contributed by atoms with E-state index in [1.54, 1.807) is 0 Å². The first kappa shape index (κ1) is 19.2. The zero-order valence-corrected chi connectivity index (χ0v) is 11.3. The second kappa shape index (κ2) is 6.31. The first-order valence-electron chi connectivity index (χ1n) is 5.30. The Labute approximate surface area is 123 Å². The van der Waals surface area contributed by atoms with Crippen LogP contribution >= 0.6 is 0 Å². The van der Waals surface area contributed by atoms with Crippen LogP contribution < -0.4 is 0 Å². The van der Waals surface area contributed by atoms with Crippen molar-refractivity contribution in [2.75, 3.05) is 5.75 Å². The third-order valence-corrected chi connectivity index (χ3v) is 3.02. The SMILES string of the molecule is O=C(OC(CS(=O)(=O)O)C(F)(F)F)c1c(F)c(F)cc(F)c1F. The van der Waals surface area contributed by atoms with Crippen molar-refractivity contribution < 1.29 is 53.2 Å². The number of carbonyl (C=O) groups is 1. The van der Waals surface area contributed by atoms with Gasteiger partial charge in [-0.15, -0.1) is 0 Å². The number of benzene rings is 1. The van der Waals surface area contributed by atoms with Crippen LogP contribution in [-0.2, 0) is 14.9 Å². The fraction of sp³-hybridized carbons (Fsp3) is 0.300. The fourth-order valence-corrected chi connectivity index (χ4v) is 1.97. The molecule has 0 amide bonds. The van der Waals surface area contributed by atoms with Crippen LogP contribution in [0.15, 0.2) is 6.07 Å². The Bertz CT molecular complexity index is 702. The number of hydrogen-bond donors (Lipinski definition) is 1. The summed E-state index contributed by atoms with van der Waals surface area (Å²) < 4.78 is 123. The summed E-state index contributed by atoms with van der Waals surface area (Å²) in [5, 5.41) is 0. The van der Waals surface area contributed by atoms with Crippen LogP contribution in [0.5, 0.6) is 0 Å². The Morgan fingerprint density at radius 1 is 1.13 bits per heavy atom. The summed E-state index contributed by atoms with van der Waals surface area (Å²) in [5.74, 6) is -13.5. The molecule has 0 heterocycles. The third-order valence-electron chi connectivity index (χ3n) is 2.29. The van der Waals surface area contributed by atoms with E-state index < -0.39 is 63.0 Å². The van der Waals surface area contributed by atoms with E-state index in [-0.39, 0.29) is 6.07 Å². The van der Waals surface area contributed by atoms with Crippen molar-refractivity contribution in [1.29, 1.82) is 0 Å². The highest BCUT2D eigenvalue weighted by Crippen LogP contribution is 2.27. The van der Waals surface area contributed by atoms with E-state index in [2.05, 4.69) is 4.74 Å². The van der Waals surface area contributed by atoms with Crippen LogP contribution in [-0.4, -0.2) is 37.0 Å². The lowest BCUT2D eigenvalue weighted by molar-refractivity contribution is -0.197. The normalized spacial score (nSPS) is 13.7. The first-order chi connectivity index (χ1) is 10.2. The molecule has 1 rings (SSSR count). The smallest absolute Gasteiger partial charge is 0.426 e. The highest BCUT2D eigenvalue weighted by molar-refractivity contribution is 7.85. The van der Waals surface area contributed by atoms with Crippen molar-refractivity contribution in [3.05, 3.63) is 34.9 Å². The summed E-state index contributed by atoms with van der Waals surface area (Å²) in [6.45, 7) is 0. The Morgan fingerprint density at radius 3 is 1.91 bits per heavy atom. The minimum Gasteiger partial charge on any atom is -0.448 e. The summed E-state index contributed by atoms with van der Waals surface area (Å²) in [6, 6.07) is -0.305. The molecular weight excluding hydrogens is 365 g/mol. The molecule has 1 atom stereocenters. The highest BCUT2D eigenvalue weighted by atomic mass is 32.2. The van der Waals surface area contributed by atoms with Crippen LogP contribution in [0, 0.1) is 23.3 Å². The zero-order chi connectivity index (χ0) is 18.2. The molecule has 23 heavy (non-hydrogen) atoms. The Balaban J connectivity index is 3.24. The molecule has 0 fully saturated rings. The molecule has 0 saturated carbocycles. The molecule has 0 aliphatic rings. The molecule has 0 radical (unpaired) electrons. The highest BCUT2D eigenvalue weighted by Gasteiger charge is 2.46. The fourth-order valence-electron chi connectivity index (χ4n) is 1.33. The number of halogens is 7. The van der Waals surface area contributed by atoms with Gasteiger partial charge in [-0.3, -0.25) is 4.55 Å². The number of carbonyl (C=O) groups excluding carboxylic acids is 1. The van der Waals surface area contributed by atoms with Gasteiger partial charge in [-0.1, -0.05) is 0 Å². The van der Waals surface area contributed by atoms with Gasteiger partial charge >= 0.3 is 12.1 Å². The van der Waals surface area contributed by atoms with Crippen molar-refractivity contribution in [2.24, 2.45) is 0 Å². The summed E-state index contributed by atoms with van der Waals surface area (Å²) >= 11 is 0. The van der Waals surface area contributed by atoms with Crippen LogP contribution in [0.4, 0.5) is 30.7 Å². The van der Waals surface area contributed by atoms with Gasteiger partial charge in [0.2, 0.25) is 6.10 Å². The van der Waals surface area contributed by atoms with Gasteiger partial charge in [0.25, 0.3) is 10.1 Å². The Hall–Kier alpha value is -1.89. The van der Waals surface area contributed by atoms with E-state index in [1.165, 1.54) is 0 Å². The Kier molecular flexibility index (Phi) is 5.26. The number of hydrogen-bond acceptors (Lipinski definition) is 4. The first-order valence-corrected chi connectivity index (χ1v) is 6.90. The number of alkyl halides is 3. The molecule has 0 saturated heterocycles. The average Bonchev–Trinajstić information content (AvgIpc) is 2.33. The van der Waals surface area contributed by atoms with Crippen molar-refractivity contribution in [3.8, 4) is 0 Å². The lowest BCUT2D eigenvalue weighted by Crippen LogP contribution is -2.39. The predicted octanol–water partition coefficient (Wildman–Crippen LogP) is 2.22. The van der Waals surface area contributed by atoms with Gasteiger partial charge in [-0.2, -0.15) is 21.6 Å². The quantitative estimate of drug-likeness (QED) is 0.381. The minimum absolute atomic E-state index is 0.305. The van der Waals surface area contributed by atoms with E-state index in [0.717, 1.165) is 0 Å². The monoisotopic (exact) mass is 370 g/mol. The maximum Gasteiger partial charge on any atom is 0.426 e. The summed E-state index contributed by atoms with van der Waals surface area (Å²) in [6.07, 6.45) is -9.07. The van der Waals surface area contributed by atoms with Crippen LogP contribution in [0.2, 0.25) is 0 Å². The van der Waals surface area contributed by atoms with E-state index in [1.807, 2.05) is 0 Å². The van der Waals surface area contributed by atoms with Gasteiger partial charge in [0.05, 0.1) is 0 Å². The van der Waals surface area contributed by atoms with Gasteiger partial charge in [0.1, 0.15) is 11.3 Å². The molecule has 1 aromatic carbocycles. The van der Waals surface area contributed by atoms with E-state index in [9.17, 15) is 43.9 Å². The molecule has 13 heteroatoms. The van der Waals surface area contributed by atoms with Crippen LogP contribution in [0.25, 0.3) is 0 Å². The number of ether oxygens (including phenoxy) is 1. The molecule has 1 N–H and O–H groups in total. The molecule has 1 unspecified atom stereocenters. The second-order valence-corrected chi connectivity index (χ2v) is 5.52. The van der Waals surface area contributed by atoms with Crippen LogP contribution in [0.3, 0.4) is 0 Å². The molecule has 0 bridgehead atoms. The molecule has 0 aromatic heterocycles. The maximum absolute atomic E-state index is 13.2. The summed E-state index contributed by atoms with van der Waals surface area (Å²) in [5.41, 5.74) is -2.12. The van der Waals surface area contributed by atoms with Crippen molar-refractivity contribution in [2.45, 2.75) is 12.3 Å². The van der Waals surface area contributed by atoms with Gasteiger partial charge in [0.15, 0.2) is 23.3 Å². The topological polar surface area (TPSA) is 80.7 Å². The van der Waals surface area contributed by atoms with E-state index in [0.29, 0.717) is 0 Å². The van der Waals surface area contributed by atoms with Gasteiger partial charge in [-0.25, -0.2) is 22.4 Å². The zero-order valence-electron chi connectivity index (χ0n) is 10.5. The average molecular weight is 370 g/mol. The standard InChI is InChI=1S/C10H5F7O5S/c11-3-1-4(12)8(14)6(7(3)13)9(18)22-5(10(15,16)17)2-23(19,20)21/h1,5H,2H2,(H,19,20,21). The maximum atomic E-state index is 13.2. The Morgan fingerprint density at radius 2 is 1.57 bits per heavy atom. The van der Waals surface area contributed by atoms with Gasteiger partial charge in [0, 0.05) is 6.07 Å². The molecule has 1 aromatic rings. The lowest BCUT2D eigenvalue weighted by atomic mass is 10.2. The van der Waals surface area contributed by atoms with Crippen molar-refractivity contribution >= 4 is 16.1 Å². The largest absolute Gasteiger partial charge is 0.448 e. The number of rotatable bonds is 4. The van der Waals surface area contributed by atoms with Gasteiger partial charge in [-0.05, 0) is 0 Å². The molecule has 0 spiro atoms. The van der Waals surface area contributed by atoms with E-state index >= 15 is 0 Å². The predicted molar refractivity (Wildman–Crippen MR) is 57.9 cm³/mol. The molecule has 130 valence electrons. The summed E-state index contributed by atoms with van der Waals surface area (Å²) in [4.78, 5) is 11.3. The van der Waals surface area contributed by atoms with Crippen molar-refractivity contribution in [1.82, 2.24) is 0 Å². The second-order valence-electron chi connectivity index (χ2n) is 4.03. The molecular formula is C10H5F7O5S. The van der Waals surface area contributed by atoms with E-state index in [4.69, 9.17) is 4.55 Å². The molecule has 0 aliphatic heterocycles.